The lowest BCUT2D eigenvalue weighted by Gasteiger charge is -2.30. The van der Waals surface area contributed by atoms with E-state index in [1.165, 1.54) is 81.8 Å². The summed E-state index contributed by atoms with van der Waals surface area (Å²) in [6.07, 6.45) is 20.4. The van der Waals surface area contributed by atoms with Gasteiger partial charge in [0.2, 0.25) is 0 Å². The van der Waals surface area contributed by atoms with Crippen molar-refractivity contribution >= 4 is 0 Å². The first-order chi connectivity index (χ1) is 15.9. The Morgan fingerprint density at radius 2 is 1.06 bits per heavy atom. The molecule has 200 valence electrons. The van der Waals surface area contributed by atoms with E-state index in [0.717, 1.165) is 23.7 Å². The molecule has 34 heavy (non-hydrogen) atoms. The van der Waals surface area contributed by atoms with Crippen LogP contribution in [-0.4, -0.2) is 0 Å². The monoisotopic (exact) mass is 473 g/mol. The van der Waals surface area contributed by atoms with Crippen LogP contribution < -0.4 is 6.15 Å². The highest BCUT2D eigenvalue weighted by Gasteiger charge is 2.23. The summed E-state index contributed by atoms with van der Waals surface area (Å²) in [6.45, 7) is 21.7. The number of rotatable bonds is 4. The van der Waals surface area contributed by atoms with Crippen molar-refractivity contribution < 1.29 is 0 Å². The molecule has 0 aromatic heterocycles. The summed E-state index contributed by atoms with van der Waals surface area (Å²) in [7, 11) is 0. The molecule has 2 fully saturated rings. The fourth-order valence-corrected chi connectivity index (χ4v) is 5.15. The zero-order valence-corrected chi connectivity index (χ0v) is 25.1. The van der Waals surface area contributed by atoms with Gasteiger partial charge >= 0.3 is 0 Å². The average molecular weight is 474 g/mol. The molecule has 2 aliphatic rings. The Kier molecular flexibility index (Phi) is 21.9. The van der Waals surface area contributed by atoms with Gasteiger partial charge < -0.3 is 6.15 Å². The van der Waals surface area contributed by atoms with Crippen LogP contribution >= 0.6 is 0 Å². The molecule has 0 unspecified atom stereocenters. The van der Waals surface area contributed by atoms with E-state index in [1.807, 2.05) is 13.8 Å². The number of hydrogen-bond acceptors (Lipinski definition) is 1. The first-order valence-corrected chi connectivity index (χ1v) is 14.7. The Labute approximate surface area is 216 Å². The van der Waals surface area contributed by atoms with E-state index >= 15 is 0 Å². The Hall–Kier alpha value is -1.08. The summed E-state index contributed by atoms with van der Waals surface area (Å²) in [5.74, 6) is 3.53. The van der Waals surface area contributed by atoms with Crippen molar-refractivity contribution in [3.05, 3.63) is 46.5 Å². The van der Waals surface area contributed by atoms with E-state index in [0.29, 0.717) is 0 Å². The van der Waals surface area contributed by atoms with Crippen LogP contribution in [0.3, 0.4) is 0 Å². The quantitative estimate of drug-likeness (QED) is 0.433. The van der Waals surface area contributed by atoms with E-state index in [2.05, 4.69) is 79.7 Å². The molecule has 1 aromatic rings. The molecule has 0 saturated heterocycles. The summed E-state index contributed by atoms with van der Waals surface area (Å²) in [6, 6.07) is 4.74. The molecule has 3 N–H and O–H groups in total. The van der Waals surface area contributed by atoms with Crippen molar-refractivity contribution in [1.82, 2.24) is 6.15 Å². The van der Waals surface area contributed by atoms with Crippen LogP contribution in [0.25, 0.3) is 0 Å². The fraction of sp³-hybridized carbons (Fsp3) is 0.758. The molecular formula is C33H63N. The molecule has 0 amide bonds. The van der Waals surface area contributed by atoms with Crippen molar-refractivity contribution in [2.24, 2.45) is 17.8 Å². The molecule has 0 bridgehead atoms. The average Bonchev–Trinajstić information content (AvgIpc) is 2.84. The second-order valence-electron chi connectivity index (χ2n) is 10.3. The Bertz CT molecular complexity index is 612. The molecule has 0 aliphatic heterocycles. The minimum atomic E-state index is 0. The van der Waals surface area contributed by atoms with Gasteiger partial charge in [-0.2, -0.15) is 0 Å². The highest BCUT2D eigenvalue weighted by molar-refractivity contribution is 5.40. The normalized spacial score (nSPS) is 23.8. The van der Waals surface area contributed by atoms with Gasteiger partial charge in [-0.1, -0.05) is 92.0 Å². The van der Waals surface area contributed by atoms with Crippen molar-refractivity contribution in [2.45, 2.75) is 146 Å². The van der Waals surface area contributed by atoms with Crippen LogP contribution in [0.5, 0.6) is 0 Å². The second-order valence-corrected chi connectivity index (χ2v) is 10.3. The predicted octanol–water partition coefficient (Wildman–Crippen LogP) is 11.7. The van der Waals surface area contributed by atoms with E-state index in [4.69, 9.17) is 0 Å². The van der Waals surface area contributed by atoms with Crippen molar-refractivity contribution in [3.63, 3.8) is 0 Å². The van der Waals surface area contributed by atoms with Crippen LogP contribution in [0.15, 0.2) is 24.3 Å². The van der Waals surface area contributed by atoms with E-state index < -0.39 is 0 Å². The van der Waals surface area contributed by atoms with Gasteiger partial charge in [0.05, 0.1) is 0 Å². The van der Waals surface area contributed by atoms with Gasteiger partial charge in [0.25, 0.3) is 0 Å². The highest BCUT2D eigenvalue weighted by atomic mass is 14.3. The first kappa shape index (κ1) is 35.1. The van der Waals surface area contributed by atoms with Gasteiger partial charge in [0.1, 0.15) is 0 Å². The summed E-state index contributed by atoms with van der Waals surface area (Å²) >= 11 is 0. The molecule has 0 heterocycles. The lowest BCUT2D eigenvalue weighted by atomic mass is 9.75. The number of aryl methyl sites for hydroxylation is 1. The molecule has 2 saturated carbocycles. The number of hydrogen-bond donors (Lipinski definition) is 1. The Balaban J connectivity index is 0. The Morgan fingerprint density at radius 3 is 1.47 bits per heavy atom. The molecular weight excluding hydrogens is 410 g/mol. The SMILES string of the molecule is CC.CCC.CCC.CCC1CCC(/C=C/C2CCC(c3ccc(C)c(C)c3C)CC2)CC1.N. The van der Waals surface area contributed by atoms with Gasteiger partial charge in [-0.05, 0) is 118 Å². The largest absolute Gasteiger partial charge is 0.344 e. The van der Waals surface area contributed by atoms with Gasteiger partial charge in [0, 0.05) is 0 Å². The van der Waals surface area contributed by atoms with Crippen LogP contribution in [0.1, 0.15) is 147 Å². The topological polar surface area (TPSA) is 35.0 Å². The maximum Gasteiger partial charge on any atom is -0.0159 e. The third-order valence-corrected chi connectivity index (χ3v) is 7.44. The maximum atomic E-state index is 2.60. The van der Waals surface area contributed by atoms with Crippen LogP contribution in [0.2, 0.25) is 0 Å². The third-order valence-electron chi connectivity index (χ3n) is 7.44. The predicted molar refractivity (Wildman–Crippen MR) is 159 cm³/mol. The lowest BCUT2D eigenvalue weighted by molar-refractivity contribution is 0.301. The first-order valence-electron chi connectivity index (χ1n) is 14.7. The summed E-state index contributed by atoms with van der Waals surface area (Å²) in [4.78, 5) is 0. The standard InChI is InChI=1S/C25H38.2C3H8.C2H6.H3N/c1-5-21-7-9-22(10-8-21)11-12-23-13-15-24(16-14-23)25-17-6-18(2)19(3)20(25)4;2*1-3-2;1-2;/h6,11-12,17,21-24H,5,7-10,13-16H2,1-4H3;2*3H2,1-2H3;1-2H3;1H3/b12-11+;;;;. The molecule has 0 spiro atoms. The zero-order chi connectivity index (χ0) is 25.2. The minimum absolute atomic E-state index is 0. The molecule has 0 atom stereocenters. The summed E-state index contributed by atoms with van der Waals surface area (Å²) in [5.41, 5.74) is 6.12. The van der Waals surface area contributed by atoms with Gasteiger partial charge in [0.15, 0.2) is 0 Å². The van der Waals surface area contributed by atoms with E-state index in [-0.39, 0.29) is 6.15 Å². The smallest absolute Gasteiger partial charge is 0.0159 e. The van der Waals surface area contributed by atoms with E-state index in [1.54, 1.807) is 11.1 Å². The fourth-order valence-electron chi connectivity index (χ4n) is 5.15. The van der Waals surface area contributed by atoms with Gasteiger partial charge in [-0.25, -0.2) is 0 Å². The highest BCUT2D eigenvalue weighted by Crippen LogP contribution is 2.39. The third kappa shape index (κ3) is 12.6. The molecule has 0 radical (unpaired) electrons. The molecule has 1 aromatic carbocycles. The second kappa shape index (κ2) is 21.2. The number of benzene rings is 1. The molecule has 2 aliphatic carbocycles. The van der Waals surface area contributed by atoms with Crippen LogP contribution in [0.4, 0.5) is 0 Å². The maximum absolute atomic E-state index is 2.60. The number of allylic oxidation sites excluding steroid dienone is 2. The molecule has 1 nitrogen and oxygen atoms in total. The minimum Gasteiger partial charge on any atom is -0.344 e. The van der Waals surface area contributed by atoms with Gasteiger partial charge in [-0.15, -0.1) is 0 Å². The van der Waals surface area contributed by atoms with E-state index in [9.17, 15) is 0 Å². The Morgan fingerprint density at radius 1 is 0.647 bits per heavy atom. The van der Waals surface area contributed by atoms with Crippen molar-refractivity contribution in [3.8, 4) is 0 Å². The summed E-state index contributed by atoms with van der Waals surface area (Å²) in [5, 5.41) is 0. The molecule has 3 rings (SSSR count). The van der Waals surface area contributed by atoms with Gasteiger partial charge in [-0.3, -0.25) is 0 Å². The zero-order valence-electron chi connectivity index (χ0n) is 25.1. The van der Waals surface area contributed by atoms with Crippen LogP contribution in [-0.2, 0) is 0 Å². The van der Waals surface area contributed by atoms with Crippen molar-refractivity contribution in [1.29, 1.82) is 0 Å². The van der Waals surface area contributed by atoms with Crippen molar-refractivity contribution in [2.75, 3.05) is 0 Å². The lowest BCUT2D eigenvalue weighted by Crippen LogP contribution is -2.15. The summed E-state index contributed by atoms with van der Waals surface area (Å²) < 4.78 is 0. The van der Waals surface area contributed by atoms with Crippen LogP contribution in [0, 0.1) is 38.5 Å². The molecule has 1 heteroatoms.